The van der Waals surface area contributed by atoms with E-state index in [0.29, 0.717) is 41.2 Å². The van der Waals surface area contributed by atoms with Crippen LogP contribution in [0, 0.1) is 5.92 Å². The smallest absolute Gasteiger partial charge is 0.251 e. The molecule has 0 aliphatic carbocycles. The Morgan fingerprint density at radius 3 is 2.48 bits per heavy atom. The Morgan fingerprint density at radius 2 is 1.71 bits per heavy atom. The molecule has 0 saturated carbocycles. The Labute approximate surface area is 244 Å². The maximum atomic E-state index is 12.7. The molecule has 1 aromatic heterocycles. The summed E-state index contributed by atoms with van der Waals surface area (Å²) < 4.78 is 11.6. The zero-order valence-electron chi connectivity index (χ0n) is 23.4. The average Bonchev–Trinajstić information content (AvgIpc) is 3.04. The predicted molar refractivity (Wildman–Crippen MR) is 162 cm³/mol. The van der Waals surface area contributed by atoms with Crippen molar-refractivity contribution in [3.63, 3.8) is 0 Å². The highest BCUT2D eigenvalue weighted by Crippen LogP contribution is 2.31. The zero-order valence-corrected chi connectivity index (χ0v) is 23.4. The van der Waals surface area contributed by atoms with E-state index >= 15 is 0 Å². The summed E-state index contributed by atoms with van der Waals surface area (Å²) in [5, 5.41) is 12.0. The van der Waals surface area contributed by atoms with Gasteiger partial charge in [-0.15, -0.1) is 0 Å². The van der Waals surface area contributed by atoms with E-state index in [4.69, 9.17) is 14.5 Å². The Morgan fingerprint density at radius 1 is 0.952 bits per heavy atom. The minimum Gasteiger partial charge on any atom is -0.497 e. The molecule has 0 atom stereocenters. The molecule has 42 heavy (non-hydrogen) atoms. The standard InChI is InChI=1S/C32H34N6O4/c1-41-27-9-5-8-26(18-27)37-32-35-19-28(31(38-32)42-21-22-14-16-33-17-15-22)23-10-12-24(13-11-23)30(40)34-20-29(39)36-25-6-3-2-4-7-25/h2-13,18-19,22,33H,14-17,20-21H2,1H3,(H,34,40)(H,36,39)(H,35,37,38). The first kappa shape index (κ1) is 28.6. The van der Waals surface area contributed by atoms with E-state index in [2.05, 4.69) is 26.3 Å². The summed E-state index contributed by atoms with van der Waals surface area (Å²) >= 11 is 0. The van der Waals surface area contributed by atoms with Crippen LogP contribution in [0.2, 0.25) is 0 Å². The molecule has 0 radical (unpaired) electrons. The van der Waals surface area contributed by atoms with Crippen molar-refractivity contribution in [3.8, 4) is 22.8 Å². The Bertz CT molecular complexity index is 1490. The number of rotatable bonds is 11. The van der Waals surface area contributed by atoms with Crippen LogP contribution in [0.3, 0.4) is 0 Å². The molecule has 2 heterocycles. The van der Waals surface area contributed by atoms with Crippen molar-refractivity contribution >= 4 is 29.1 Å². The molecule has 0 unspecified atom stereocenters. The molecule has 0 bridgehead atoms. The molecule has 0 spiro atoms. The van der Waals surface area contributed by atoms with E-state index in [1.54, 1.807) is 37.6 Å². The third-order valence-electron chi connectivity index (χ3n) is 6.92. The van der Waals surface area contributed by atoms with Crippen molar-refractivity contribution in [1.29, 1.82) is 0 Å². The Kier molecular flexibility index (Phi) is 9.58. The van der Waals surface area contributed by atoms with E-state index in [0.717, 1.165) is 42.9 Å². The van der Waals surface area contributed by atoms with Gasteiger partial charge in [0.2, 0.25) is 17.7 Å². The van der Waals surface area contributed by atoms with Crippen LogP contribution in [-0.4, -0.2) is 55.1 Å². The number of methoxy groups -OCH3 is 1. The number of nitrogens with one attached hydrogen (secondary N) is 4. The van der Waals surface area contributed by atoms with Gasteiger partial charge in [0.05, 0.1) is 25.8 Å². The molecular formula is C32H34N6O4. The monoisotopic (exact) mass is 566 g/mol. The van der Waals surface area contributed by atoms with E-state index in [9.17, 15) is 9.59 Å². The van der Waals surface area contributed by atoms with Gasteiger partial charge in [-0.25, -0.2) is 4.98 Å². The minimum absolute atomic E-state index is 0.139. The van der Waals surface area contributed by atoms with Gasteiger partial charge in [-0.3, -0.25) is 9.59 Å². The lowest BCUT2D eigenvalue weighted by Crippen LogP contribution is -2.32. The van der Waals surface area contributed by atoms with Crippen molar-refractivity contribution in [2.45, 2.75) is 12.8 Å². The fraction of sp³-hybridized carbons (Fsp3) is 0.250. The number of anilines is 3. The maximum absolute atomic E-state index is 12.7. The number of aromatic nitrogens is 2. The third kappa shape index (κ3) is 7.82. The highest BCUT2D eigenvalue weighted by molar-refractivity contribution is 5.99. The van der Waals surface area contributed by atoms with Gasteiger partial charge in [-0.2, -0.15) is 4.98 Å². The second kappa shape index (κ2) is 14.1. The first-order valence-electron chi connectivity index (χ1n) is 13.9. The highest BCUT2D eigenvalue weighted by atomic mass is 16.5. The zero-order chi connectivity index (χ0) is 29.1. The highest BCUT2D eigenvalue weighted by Gasteiger charge is 2.18. The first-order chi connectivity index (χ1) is 20.6. The first-order valence-corrected chi connectivity index (χ1v) is 13.9. The number of hydrogen-bond acceptors (Lipinski definition) is 8. The van der Waals surface area contributed by atoms with Gasteiger partial charge in [-0.1, -0.05) is 36.4 Å². The van der Waals surface area contributed by atoms with Gasteiger partial charge >= 0.3 is 0 Å². The van der Waals surface area contributed by atoms with Crippen LogP contribution in [0.5, 0.6) is 11.6 Å². The summed E-state index contributed by atoms with van der Waals surface area (Å²) in [6, 6.07) is 23.7. The van der Waals surface area contributed by atoms with Crippen LogP contribution in [-0.2, 0) is 4.79 Å². The molecule has 5 rings (SSSR count). The van der Waals surface area contributed by atoms with Crippen LogP contribution in [0.4, 0.5) is 17.3 Å². The van der Waals surface area contributed by atoms with Crippen molar-refractivity contribution < 1.29 is 19.1 Å². The molecule has 2 amide bonds. The van der Waals surface area contributed by atoms with Crippen molar-refractivity contribution in [3.05, 3.63) is 90.6 Å². The Balaban J connectivity index is 1.28. The number of benzene rings is 3. The van der Waals surface area contributed by atoms with Crippen LogP contribution in [0.1, 0.15) is 23.2 Å². The number of nitrogens with zero attached hydrogens (tertiary/aromatic N) is 2. The largest absolute Gasteiger partial charge is 0.497 e. The maximum Gasteiger partial charge on any atom is 0.251 e. The molecule has 1 saturated heterocycles. The number of carbonyl (C=O) groups excluding carboxylic acids is 2. The van der Waals surface area contributed by atoms with Crippen LogP contribution >= 0.6 is 0 Å². The van der Waals surface area contributed by atoms with E-state index in [1.807, 2.05) is 54.6 Å². The topological polar surface area (TPSA) is 126 Å². The van der Waals surface area contributed by atoms with Gasteiger partial charge in [0.15, 0.2) is 0 Å². The summed E-state index contributed by atoms with van der Waals surface area (Å²) in [4.78, 5) is 34.1. The van der Waals surface area contributed by atoms with E-state index < -0.39 is 0 Å². The lowest BCUT2D eigenvalue weighted by molar-refractivity contribution is -0.115. The molecule has 10 nitrogen and oxygen atoms in total. The summed E-state index contributed by atoms with van der Waals surface area (Å²) in [6.07, 6.45) is 3.81. The normalized spacial score (nSPS) is 13.2. The second-order valence-corrected chi connectivity index (χ2v) is 9.95. The Hall–Kier alpha value is -4.96. The number of ether oxygens (including phenoxy) is 2. The van der Waals surface area contributed by atoms with Gasteiger partial charge in [-0.05, 0) is 73.8 Å². The summed E-state index contributed by atoms with van der Waals surface area (Å²) in [6.45, 7) is 2.37. The van der Waals surface area contributed by atoms with Crippen LogP contribution in [0.15, 0.2) is 85.1 Å². The van der Waals surface area contributed by atoms with Gasteiger partial charge in [0.25, 0.3) is 5.91 Å². The number of piperidine rings is 1. The SMILES string of the molecule is COc1cccc(Nc2ncc(-c3ccc(C(=O)NCC(=O)Nc4ccccc4)cc3)c(OCC3CCNCC3)n2)c1. The molecular weight excluding hydrogens is 532 g/mol. The quantitative estimate of drug-likeness (QED) is 0.207. The number of amides is 2. The molecule has 4 N–H and O–H groups in total. The molecule has 1 fully saturated rings. The summed E-state index contributed by atoms with van der Waals surface area (Å²) in [5.41, 5.74) is 3.42. The van der Waals surface area contributed by atoms with Crippen molar-refractivity contribution in [1.82, 2.24) is 20.6 Å². The number of carbonyl (C=O) groups is 2. The van der Waals surface area contributed by atoms with Gasteiger partial charge in [0.1, 0.15) is 5.75 Å². The molecule has 10 heteroatoms. The second-order valence-electron chi connectivity index (χ2n) is 9.95. The van der Waals surface area contributed by atoms with E-state index in [1.165, 1.54) is 0 Å². The lowest BCUT2D eigenvalue weighted by Gasteiger charge is -2.23. The van der Waals surface area contributed by atoms with Crippen LogP contribution < -0.4 is 30.7 Å². The molecule has 4 aromatic rings. The predicted octanol–water partition coefficient (Wildman–Crippen LogP) is 4.64. The molecule has 1 aliphatic heterocycles. The van der Waals surface area contributed by atoms with Crippen molar-refractivity contribution in [2.24, 2.45) is 5.92 Å². The van der Waals surface area contributed by atoms with E-state index in [-0.39, 0.29) is 18.4 Å². The van der Waals surface area contributed by atoms with Gasteiger partial charge < -0.3 is 30.7 Å². The fourth-order valence-electron chi connectivity index (χ4n) is 4.60. The summed E-state index contributed by atoms with van der Waals surface area (Å²) in [5.74, 6) is 1.37. The average molecular weight is 567 g/mol. The van der Waals surface area contributed by atoms with Crippen molar-refractivity contribution in [2.75, 3.05) is 44.0 Å². The number of hydrogen-bond donors (Lipinski definition) is 4. The molecule has 216 valence electrons. The third-order valence-corrected chi connectivity index (χ3v) is 6.92. The minimum atomic E-state index is -0.346. The van der Waals surface area contributed by atoms with Crippen LogP contribution in [0.25, 0.3) is 11.1 Å². The molecule has 3 aromatic carbocycles. The fourth-order valence-corrected chi connectivity index (χ4v) is 4.60. The number of para-hydroxylation sites is 1. The lowest BCUT2D eigenvalue weighted by atomic mass is 9.99. The summed E-state index contributed by atoms with van der Waals surface area (Å²) in [7, 11) is 1.62. The molecule has 1 aliphatic rings. The van der Waals surface area contributed by atoms with Gasteiger partial charge in [0, 0.05) is 29.2 Å².